The molecule has 88 valence electrons. The Bertz CT molecular complexity index is 372. The SMILES string of the molecule is N[C@H]1CCC[C@@H]1OCc1ccc(F)c(Br)c1. The third-order valence-electron chi connectivity index (χ3n) is 2.95. The highest BCUT2D eigenvalue weighted by Crippen LogP contribution is 2.23. The molecule has 2 atom stereocenters. The average Bonchev–Trinajstić information content (AvgIpc) is 2.66. The van der Waals surface area contributed by atoms with Gasteiger partial charge in [0.05, 0.1) is 17.2 Å². The van der Waals surface area contributed by atoms with Gasteiger partial charge in [-0.15, -0.1) is 0 Å². The van der Waals surface area contributed by atoms with E-state index >= 15 is 0 Å². The Morgan fingerprint density at radius 1 is 1.44 bits per heavy atom. The van der Waals surface area contributed by atoms with Crippen molar-refractivity contribution in [2.24, 2.45) is 5.73 Å². The molecule has 0 amide bonds. The van der Waals surface area contributed by atoms with Gasteiger partial charge < -0.3 is 10.5 Å². The van der Waals surface area contributed by atoms with E-state index in [0.717, 1.165) is 24.8 Å². The maximum absolute atomic E-state index is 13.0. The molecule has 0 heterocycles. The van der Waals surface area contributed by atoms with Crippen molar-refractivity contribution >= 4 is 15.9 Å². The van der Waals surface area contributed by atoms with Gasteiger partial charge in [0.25, 0.3) is 0 Å². The summed E-state index contributed by atoms with van der Waals surface area (Å²) in [5.41, 5.74) is 6.87. The summed E-state index contributed by atoms with van der Waals surface area (Å²) in [5, 5.41) is 0. The van der Waals surface area contributed by atoms with Crippen molar-refractivity contribution in [2.45, 2.75) is 38.0 Å². The highest BCUT2D eigenvalue weighted by Gasteiger charge is 2.24. The van der Waals surface area contributed by atoms with Gasteiger partial charge in [-0.2, -0.15) is 0 Å². The van der Waals surface area contributed by atoms with E-state index in [-0.39, 0.29) is 18.0 Å². The van der Waals surface area contributed by atoms with E-state index in [0.29, 0.717) is 11.1 Å². The smallest absolute Gasteiger partial charge is 0.137 e. The van der Waals surface area contributed by atoms with Crippen LogP contribution >= 0.6 is 15.9 Å². The molecular formula is C12H15BrFNO. The monoisotopic (exact) mass is 287 g/mol. The van der Waals surface area contributed by atoms with Gasteiger partial charge in [0, 0.05) is 6.04 Å². The summed E-state index contributed by atoms with van der Waals surface area (Å²) in [4.78, 5) is 0. The van der Waals surface area contributed by atoms with Gasteiger partial charge in [0.15, 0.2) is 0 Å². The minimum atomic E-state index is -0.249. The molecule has 1 aromatic carbocycles. The molecule has 2 N–H and O–H groups in total. The predicted octanol–water partition coefficient (Wildman–Crippen LogP) is 2.98. The largest absolute Gasteiger partial charge is 0.372 e. The van der Waals surface area contributed by atoms with Gasteiger partial charge in [-0.05, 0) is 52.9 Å². The lowest BCUT2D eigenvalue weighted by molar-refractivity contribution is 0.0357. The van der Waals surface area contributed by atoms with Gasteiger partial charge in [-0.3, -0.25) is 0 Å². The highest BCUT2D eigenvalue weighted by molar-refractivity contribution is 9.10. The van der Waals surface area contributed by atoms with Crippen molar-refractivity contribution in [1.82, 2.24) is 0 Å². The van der Waals surface area contributed by atoms with Gasteiger partial charge in [0.1, 0.15) is 5.82 Å². The summed E-state index contributed by atoms with van der Waals surface area (Å²) >= 11 is 3.16. The first-order valence-electron chi connectivity index (χ1n) is 5.48. The van der Waals surface area contributed by atoms with Gasteiger partial charge in [-0.25, -0.2) is 4.39 Å². The first-order valence-corrected chi connectivity index (χ1v) is 6.27. The van der Waals surface area contributed by atoms with Crippen LogP contribution in [-0.2, 0) is 11.3 Å². The van der Waals surface area contributed by atoms with Crippen molar-refractivity contribution in [1.29, 1.82) is 0 Å². The standard InChI is InChI=1S/C12H15BrFNO/c13-9-6-8(4-5-10(9)14)7-16-12-3-1-2-11(12)15/h4-6,11-12H,1-3,7,15H2/t11-,12-/m0/s1. The number of hydrogen-bond donors (Lipinski definition) is 1. The third kappa shape index (κ3) is 2.81. The normalized spacial score (nSPS) is 24.9. The van der Waals surface area contributed by atoms with E-state index in [2.05, 4.69) is 15.9 Å². The zero-order valence-corrected chi connectivity index (χ0v) is 10.5. The van der Waals surface area contributed by atoms with E-state index in [1.807, 2.05) is 0 Å². The van der Waals surface area contributed by atoms with Crippen molar-refractivity contribution in [2.75, 3.05) is 0 Å². The molecule has 0 bridgehead atoms. The molecule has 0 spiro atoms. The summed E-state index contributed by atoms with van der Waals surface area (Å²) in [6.45, 7) is 0.497. The highest BCUT2D eigenvalue weighted by atomic mass is 79.9. The Kier molecular flexibility index (Phi) is 3.95. The summed E-state index contributed by atoms with van der Waals surface area (Å²) < 4.78 is 19.2. The number of halogens is 2. The Morgan fingerprint density at radius 2 is 2.25 bits per heavy atom. The average molecular weight is 288 g/mol. The molecule has 0 saturated heterocycles. The molecule has 0 aliphatic heterocycles. The number of rotatable bonds is 3. The molecule has 1 saturated carbocycles. The molecule has 1 aliphatic carbocycles. The second-order valence-electron chi connectivity index (χ2n) is 4.19. The fourth-order valence-corrected chi connectivity index (χ4v) is 2.42. The molecule has 1 aromatic rings. The minimum absolute atomic E-state index is 0.156. The van der Waals surface area contributed by atoms with E-state index in [1.54, 1.807) is 12.1 Å². The summed E-state index contributed by atoms with van der Waals surface area (Å²) in [5.74, 6) is -0.249. The molecule has 16 heavy (non-hydrogen) atoms. The van der Waals surface area contributed by atoms with E-state index in [4.69, 9.17) is 10.5 Å². The van der Waals surface area contributed by atoms with Crippen LogP contribution in [0.4, 0.5) is 4.39 Å². The summed E-state index contributed by atoms with van der Waals surface area (Å²) in [6, 6.07) is 5.08. The summed E-state index contributed by atoms with van der Waals surface area (Å²) in [6.07, 6.45) is 3.36. The van der Waals surface area contributed by atoms with Crippen LogP contribution in [0.5, 0.6) is 0 Å². The topological polar surface area (TPSA) is 35.2 Å². The van der Waals surface area contributed by atoms with E-state index in [9.17, 15) is 4.39 Å². The van der Waals surface area contributed by atoms with Gasteiger partial charge in [0.2, 0.25) is 0 Å². The summed E-state index contributed by atoms with van der Waals surface area (Å²) in [7, 11) is 0. The number of hydrogen-bond acceptors (Lipinski definition) is 2. The van der Waals surface area contributed by atoms with E-state index in [1.165, 1.54) is 6.07 Å². The van der Waals surface area contributed by atoms with E-state index < -0.39 is 0 Å². The van der Waals surface area contributed by atoms with Gasteiger partial charge >= 0.3 is 0 Å². The first kappa shape index (κ1) is 12.0. The minimum Gasteiger partial charge on any atom is -0.372 e. The molecule has 1 aliphatic rings. The van der Waals surface area contributed by atoms with Crippen LogP contribution in [0.2, 0.25) is 0 Å². The van der Waals surface area contributed by atoms with Crippen molar-refractivity contribution in [3.63, 3.8) is 0 Å². The molecule has 1 fully saturated rings. The molecule has 0 unspecified atom stereocenters. The fraction of sp³-hybridized carbons (Fsp3) is 0.500. The maximum atomic E-state index is 13.0. The lowest BCUT2D eigenvalue weighted by Crippen LogP contribution is -2.31. The number of nitrogens with two attached hydrogens (primary N) is 1. The lowest BCUT2D eigenvalue weighted by atomic mass is 10.2. The Hall–Kier alpha value is -0.450. The quantitative estimate of drug-likeness (QED) is 0.928. The van der Waals surface area contributed by atoms with Crippen LogP contribution < -0.4 is 5.73 Å². The zero-order chi connectivity index (χ0) is 11.5. The van der Waals surface area contributed by atoms with Crippen LogP contribution in [0.3, 0.4) is 0 Å². The van der Waals surface area contributed by atoms with Crippen LogP contribution in [0.1, 0.15) is 24.8 Å². The van der Waals surface area contributed by atoms with Crippen LogP contribution in [-0.4, -0.2) is 12.1 Å². The fourth-order valence-electron chi connectivity index (χ4n) is 1.99. The van der Waals surface area contributed by atoms with Crippen LogP contribution in [0, 0.1) is 5.82 Å². The van der Waals surface area contributed by atoms with Gasteiger partial charge in [-0.1, -0.05) is 6.07 Å². The number of ether oxygens (including phenoxy) is 1. The third-order valence-corrected chi connectivity index (χ3v) is 3.56. The molecule has 2 rings (SSSR count). The van der Waals surface area contributed by atoms with Crippen LogP contribution in [0.25, 0.3) is 0 Å². The predicted molar refractivity (Wildman–Crippen MR) is 64.5 cm³/mol. The van der Waals surface area contributed by atoms with Crippen molar-refractivity contribution < 1.29 is 9.13 Å². The van der Waals surface area contributed by atoms with Crippen LogP contribution in [0.15, 0.2) is 22.7 Å². The molecule has 4 heteroatoms. The maximum Gasteiger partial charge on any atom is 0.137 e. The second kappa shape index (κ2) is 5.25. The van der Waals surface area contributed by atoms with Crippen molar-refractivity contribution in [3.8, 4) is 0 Å². The Balaban J connectivity index is 1.91. The van der Waals surface area contributed by atoms with Crippen molar-refractivity contribution in [3.05, 3.63) is 34.1 Å². The zero-order valence-electron chi connectivity index (χ0n) is 8.96. The Labute approximate surface area is 103 Å². The molecule has 2 nitrogen and oxygen atoms in total. The molecule has 0 radical (unpaired) electrons. The molecule has 0 aromatic heterocycles. The second-order valence-corrected chi connectivity index (χ2v) is 5.05. The lowest BCUT2D eigenvalue weighted by Gasteiger charge is -2.16. The Morgan fingerprint density at radius 3 is 2.88 bits per heavy atom. The first-order chi connectivity index (χ1) is 7.66. The molecular weight excluding hydrogens is 273 g/mol. The number of benzene rings is 1.